The monoisotopic (exact) mass is 159 g/mol. The first kappa shape index (κ1) is 10.2. The Morgan fingerprint density at radius 1 is 1.45 bits per heavy atom. The van der Waals surface area contributed by atoms with Crippen LogP contribution >= 0.6 is 0 Å². The molecule has 5 nitrogen and oxygen atoms in total. The van der Waals surface area contributed by atoms with E-state index in [9.17, 15) is 0 Å². The minimum atomic E-state index is 0.455. The van der Waals surface area contributed by atoms with Crippen LogP contribution in [0.25, 0.3) is 0 Å². The zero-order valence-corrected chi connectivity index (χ0v) is 7.39. The van der Waals surface area contributed by atoms with Crippen molar-refractivity contribution in [1.29, 1.82) is 0 Å². The van der Waals surface area contributed by atoms with E-state index in [0.29, 0.717) is 5.96 Å². The van der Waals surface area contributed by atoms with E-state index in [-0.39, 0.29) is 0 Å². The molecule has 0 heterocycles. The Labute approximate surface area is 67.6 Å². The molecule has 66 valence electrons. The lowest BCUT2D eigenvalue weighted by Crippen LogP contribution is -2.52. The molecule has 0 aliphatic heterocycles. The number of nitrogens with zero attached hydrogens (tertiary/aromatic N) is 2. The number of nitrogens with one attached hydrogen (secondary N) is 2. The fourth-order valence-corrected chi connectivity index (χ4v) is 0.638. The first-order valence-corrected chi connectivity index (χ1v) is 3.71. The molecule has 0 aliphatic rings. The smallest absolute Gasteiger partial charge is 0.221 e. The lowest BCUT2D eigenvalue weighted by molar-refractivity contribution is 0.262. The van der Waals surface area contributed by atoms with Crippen molar-refractivity contribution in [3.8, 4) is 0 Å². The summed E-state index contributed by atoms with van der Waals surface area (Å²) in [6.45, 7) is 2.81. The average molecular weight is 159 g/mol. The zero-order valence-electron chi connectivity index (χ0n) is 7.39. The zero-order chi connectivity index (χ0) is 8.69. The number of hydrazine groups is 2. The van der Waals surface area contributed by atoms with Crippen molar-refractivity contribution >= 4 is 5.96 Å². The summed E-state index contributed by atoms with van der Waals surface area (Å²) in [4.78, 5) is 4.08. The number of rotatable bonds is 4. The number of hydrogen-bond donors (Lipinski definition) is 3. The molecule has 0 aromatic rings. The molecule has 0 bridgehead atoms. The Morgan fingerprint density at radius 2 is 2.00 bits per heavy atom. The lowest BCUT2D eigenvalue weighted by atomic mass is 10.5. The van der Waals surface area contributed by atoms with Crippen LogP contribution in [0.2, 0.25) is 0 Å². The van der Waals surface area contributed by atoms with Gasteiger partial charge in [0.15, 0.2) is 0 Å². The van der Waals surface area contributed by atoms with Gasteiger partial charge < -0.3 is 5.73 Å². The summed E-state index contributed by atoms with van der Waals surface area (Å²) in [5.41, 5.74) is 11.2. The Morgan fingerprint density at radius 3 is 2.36 bits per heavy atom. The van der Waals surface area contributed by atoms with E-state index in [0.717, 1.165) is 13.0 Å². The normalized spacial score (nSPS) is 11.7. The van der Waals surface area contributed by atoms with Crippen molar-refractivity contribution in [2.24, 2.45) is 10.7 Å². The average Bonchev–Trinajstić information content (AvgIpc) is 2.03. The third-order valence-electron chi connectivity index (χ3n) is 1.17. The minimum Gasteiger partial charge on any atom is -0.368 e. The third kappa shape index (κ3) is 3.79. The Kier molecular flexibility index (Phi) is 5.50. The maximum atomic E-state index is 5.58. The van der Waals surface area contributed by atoms with Gasteiger partial charge in [0.05, 0.1) is 0 Å². The van der Waals surface area contributed by atoms with Gasteiger partial charge in [0.2, 0.25) is 5.96 Å². The second-order valence-corrected chi connectivity index (χ2v) is 2.02. The van der Waals surface area contributed by atoms with Gasteiger partial charge in [-0.05, 0) is 6.42 Å². The van der Waals surface area contributed by atoms with Gasteiger partial charge in [-0.2, -0.15) is 0 Å². The van der Waals surface area contributed by atoms with Crippen LogP contribution in [0.5, 0.6) is 0 Å². The minimum absolute atomic E-state index is 0.455. The van der Waals surface area contributed by atoms with Gasteiger partial charge in [-0.1, -0.05) is 6.92 Å². The van der Waals surface area contributed by atoms with E-state index in [1.165, 1.54) is 0 Å². The van der Waals surface area contributed by atoms with Crippen molar-refractivity contribution in [3.63, 3.8) is 0 Å². The first-order valence-electron chi connectivity index (χ1n) is 3.71. The summed E-state index contributed by atoms with van der Waals surface area (Å²) in [5, 5.41) is 1.55. The van der Waals surface area contributed by atoms with Gasteiger partial charge in [0, 0.05) is 20.6 Å². The van der Waals surface area contributed by atoms with Crippen LogP contribution in [0.4, 0.5) is 0 Å². The third-order valence-corrected chi connectivity index (χ3v) is 1.17. The van der Waals surface area contributed by atoms with Crippen molar-refractivity contribution in [2.75, 3.05) is 20.6 Å². The fraction of sp³-hybridized carbons (Fsp3) is 0.833. The summed E-state index contributed by atoms with van der Waals surface area (Å²) >= 11 is 0. The van der Waals surface area contributed by atoms with Crippen LogP contribution in [0, 0.1) is 0 Å². The van der Waals surface area contributed by atoms with E-state index in [1.54, 1.807) is 19.2 Å². The largest absolute Gasteiger partial charge is 0.368 e. The molecule has 0 atom stereocenters. The Hall–Kier alpha value is -0.810. The molecule has 0 unspecified atom stereocenters. The topological polar surface area (TPSA) is 65.7 Å². The molecule has 4 N–H and O–H groups in total. The molecule has 0 fully saturated rings. The highest BCUT2D eigenvalue weighted by Crippen LogP contribution is 1.79. The highest BCUT2D eigenvalue weighted by molar-refractivity contribution is 5.76. The Bertz CT molecular complexity index is 118. The molecule has 0 aromatic heterocycles. The molecule has 0 spiro atoms. The summed E-state index contributed by atoms with van der Waals surface area (Å²) in [6.07, 6.45) is 1.00. The molecule has 0 amide bonds. The molecule has 0 aliphatic carbocycles. The highest BCUT2D eigenvalue weighted by Gasteiger charge is 1.99. The number of nitrogens with two attached hydrogens (primary N) is 1. The van der Waals surface area contributed by atoms with Crippen LogP contribution in [0.1, 0.15) is 13.3 Å². The standard InChI is InChI=1S/C6H17N5/c1-4-5-10-6(7)11(8-2)9-3/h8-9H,4-5H2,1-3H3,(H2,7,10). The predicted octanol–water partition coefficient (Wildman–Crippen LogP) is -0.718. The van der Waals surface area contributed by atoms with Crippen molar-refractivity contribution in [2.45, 2.75) is 13.3 Å². The second kappa shape index (κ2) is 5.94. The van der Waals surface area contributed by atoms with E-state index < -0.39 is 0 Å². The molecular formula is C6H17N5. The maximum Gasteiger partial charge on any atom is 0.221 e. The molecule has 0 rings (SSSR count). The van der Waals surface area contributed by atoms with Crippen molar-refractivity contribution in [3.05, 3.63) is 0 Å². The van der Waals surface area contributed by atoms with Crippen molar-refractivity contribution in [1.82, 2.24) is 16.0 Å². The summed E-state index contributed by atoms with van der Waals surface area (Å²) in [7, 11) is 3.54. The van der Waals surface area contributed by atoms with E-state index in [1.807, 2.05) is 0 Å². The van der Waals surface area contributed by atoms with Crippen molar-refractivity contribution < 1.29 is 0 Å². The molecule has 11 heavy (non-hydrogen) atoms. The lowest BCUT2D eigenvalue weighted by Gasteiger charge is -2.19. The highest BCUT2D eigenvalue weighted by atomic mass is 15.7. The van der Waals surface area contributed by atoms with Crippen LogP contribution in [-0.4, -0.2) is 31.7 Å². The van der Waals surface area contributed by atoms with E-state index in [4.69, 9.17) is 5.73 Å². The summed E-state index contributed by atoms with van der Waals surface area (Å²) in [6, 6.07) is 0. The second-order valence-electron chi connectivity index (χ2n) is 2.02. The number of guanidine groups is 1. The summed E-state index contributed by atoms with van der Waals surface area (Å²) in [5.74, 6) is 0.455. The molecule has 0 saturated heterocycles. The van der Waals surface area contributed by atoms with Gasteiger partial charge in [-0.3, -0.25) is 4.99 Å². The van der Waals surface area contributed by atoms with Gasteiger partial charge in [0.1, 0.15) is 0 Å². The molecular weight excluding hydrogens is 142 g/mol. The number of hydrogen-bond acceptors (Lipinski definition) is 3. The summed E-state index contributed by atoms with van der Waals surface area (Å²) < 4.78 is 0. The molecule has 5 heteroatoms. The Balaban J connectivity index is 3.85. The molecule has 0 radical (unpaired) electrons. The molecule has 0 aromatic carbocycles. The van der Waals surface area contributed by atoms with Gasteiger partial charge in [0.25, 0.3) is 0 Å². The van der Waals surface area contributed by atoms with E-state index >= 15 is 0 Å². The van der Waals surface area contributed by atoms with E-state index in [2.05, 4.69) is 22.8 Å². The van der Waals surface area contributed by atoms with Crippen LogP contribution < -0.4 is 16.6 Å². The maximum absolute atomic E-state index is 5.58. The SMILES string of the molecule is CCCN=C(N)N(NC)NC. The fourth-order valence-electron chi connectivity index (χ4n) is 0.638. The predicted molar refractivity (Wildman–Crippen MR) is 46.7 cm³/mol. The quantitative estimate of drug-likeness (QED) is 0.288. The van der Waals surface area contributed by atoms with Gasteiger partial charge in [-0.15, -0.1) is 0 Å². The number of aliphatic imine (C=N–C) groups is 1. The van der Waals surface area contributed by atoms with Gasteiger partial charge in [-0.25, -0.2) is 16.0 Å². The molecule has 0 saturated carbocycles. The first-order chi connectivity index (χ1) is 5.26. The van der Waals surface area contributed by atoms with Crippen LogP contribution in [0.3, 0.4) is 0 Å². The van der Waals surface area contributed by atoms with Crippen LogP contribution in [0.15, 0.2) is 4.99 Å². The van der Waals surface area contributed by atoms with Crippen LogP contribution in [-0.2, 0) is 0 Å². The van der Waals surface area contributed by atoms with Gasteiger partial charge >= 0.3 is 0 Å².